The molecule has 1 fully saturated rings. The summed E-state index contributed by atoms with van der Waals surface area (Å²) in [5.74, 6) is -1.32. The topological polar surface area (TPSA) is 66.4 Å². The first kappa shape index (κ1) is 15.6. The van der Waals surface area contributed by atoms with Gasteiger partial charge in [0.2, 0.25) is 5.91 Å². The maximum Gasteiger partial charge on any atom is 0.306 e. The third-order valence-electron chi connectivity index (χ3n) is 3.65. The van der Waals surface area contributed by atoms with Crippen LogP contribution in [0.15, 0.2) is 30.3 Å². The Morgan fingerprint density at radius 3 is 2.86 bits per heavy atom. The van der Waals surface area contributed by atoms with Gasteiger partial charge in [-0.05, 0) is 43.0 Å². The van der Waals surface area contributed by atoms with Crippen LogP contribution in [0.1, 0.15) is 31.2 Å². The molecule has 0 radical (unpaired) electrons. The molecule has 1 aromatic carbocycles. The monoisotopic (exact) mass is 307 g/mol. The van der Waals surface area contributed by atoms with Crippen molar-refractivity contribution in [2.75, 3.05) is 0 Å². The number of carboxylic acids is 1. The molecule has 1 aromatic rings. The highest BCUT2D eigenvalue weighted by Crippen LogP contribution is 2.24. The van der Waals surface area contributed by atoms with E-state index in [1.165, 1.54) is 6.08 Å². The van der Waals surface area contributed by atoms with Gasteiger partial charge >= 0.3 is 5.97 Å². The first-order valence-corrected chi connectivity index (χ1v) is 7.39. The predicted molar refractivity (Wildman–Crippen MR) is 82.0 cm³/mol. The molecule has 1 amide bonds. The Morgan fingerprint density at radius 1 is 1.33 bits per heavy atom. The molecule has 2 N–H and O–H groups in total. The summed E-state index contributed by atoms with van der Waals surface area (Å²) in [7, 11) is 0. The second-order valence-electron chi connectivity index (χ2n) is 5.30. The fourth-order valence-electron chi connectivity index (χ4n) is 2.58. The van der Waals surface area contributed by atoms with Gasteiger partial charge in [-0.25, -0.2) is 0 Å². The molecule has 0 bridgehead atoms. The predicted octanol–water partition coefficient (Wildman–Crippen LogP) is 3.11. The molecule has 2 atom stereocenters. The van der Waals surface area contributed by atoms with Crippen LogP contribution >= 0.6 is 11.6 Å². The highest BCUT2D eigenvalue weighted by molar-refractivity contribution is 6.30. The van der Waals surface area contributed by atoms with E-state index in [1.54, 1.807) is 18.2 Å². The van der Waals surface area contributed by atoms with Gasteiger partial charge in [0.25, 0.3) is 0 Å². The Labute approximate surface area is 128 Å². The lowest BCUT2D eigenvalue weighted by atomic mass is 9.86. The number of hydrogen-bond acceptors (Lipinski definition) is 2. The number of aliphatic carboxylic acids is 1. The molecule has 0 aromatic heterocycles. The first-order chi connectivity index (χ1) is 10.0. The Balaban J connectivity index is 1.88. The van der Waals surface area contributed by atoms with E-state index in [4.69, 9.17) is 16.7 Å². The lowest BCUT2D eigenvalue weighted by Crippen LogP contribution is -2.39. The van der Waals surface area contributed by atoms with Crippen LogP contribution in [0.2, 0.25) is 5.02 Å². The van der Waals surface area contributed by atoms with Gasteiger partial charge in [-0.15, -0.1) is 0 Å². The zero-order valence-electron chi connectivity index (χ0n) is 11.6. The molecule has 2 rings (SSSR count). The minimum absolute atomic E-state index is 0.0589. The fourth-order valence-corrected chi connectivity index (χ4v) is 2.78. The van der Waals surface area contributed by atoms with Crippen molar-refractivity contribution in [1.82, 2.24) is 5.32 Å². The number of rotatable bonds is 4. The van der Waals surface area contributed by atoms with Gasteiger partial charge in [0.05, 0.1) is 5.92 Å². The Bertz CT molecular complexity index is 556. The molecular formula is C16H18ClNO3. The van der Waals surface area contributed by atoms with E-state index < -0.39 is 5.97 Å². The number of carbonyl (C=O) groups is 2. The summed E-state index contributed by atoms with van der Waals surface area (Å²) >= 11 is 5.87. The maximum absolute atomic E-state index is 11.9. The lowest BCUT2D eigenvalue weighted by Gasteiger charge is -2.26. The molecule has 5 heteroatoms. The largest absolute Gasteiger partial charge is 0.481 e. The van der Waals surface area contributed by atoms with Crippen LogP contribution in [0.3, 0.4) is 0 Å². The molecule has 0 saturated heterocycles. The molecule has 112 valence electrons. The van der Waals surface area contributed by atoms with E-state index in [9.17, 15) is 9.59 Å². The third-order valence-corrected chi connectivity index (χ3v) is 3.88. The van der Waals surface area contributed by atoms with Crippen LogP contribution < -0.4 is 5.32 Å². The summed E-state index contributed by atoms with van der Waals surface area (Å²) in [6.45, 7) is 0. The minimum atomic E-state index is -0.775. The summed E-state index contributed by atoms with van der Waals surface area (Å²) in [6, 6.07) is 7.16. The molecule has 4 nitrogen and oxygen atoms in total. The molecule has 1 aliphatic carbocycles. The fraction of sp³-hybridized carbons (Fsp3) is 0.375. The van der Waals surface area contributed by atoms with E-state index in [2.05, 4.69) is 5.32 Å². The Hall–Kier alpha value is -1.81. The van der Waals surface area contributed by atoms with E-state index in [0.29, 0.717) is 17.9 Å². The maximum atomic E-state index is 11.9. The van der Waals surface area contributed by atoms with Crippen molar-refractivity contribution in [1.29, 1.82) is 0 Å². The zero-order chi connectivity index (χ0) is 15.2. The van der Waals surface area contributed by atoms with Crippen LogP contribution in [-0.4, -0.2) is 23.0 Å². The number of carbonyl (C=O) groups excluding carboxylic acids is 1. The second kappa shape index (κ2) is 7.27. The third kappa shape index (κ3) is 4.90. The van der Waals surface area contributed by atoms with Gasteiger partial charge in [0.1, 0.15) is 0 Å². The van der Waals surface area contributed by atoms with E-state index in [0.717, 1.165) is 18.4 Å². The van der Waals surface area contributed by atoms with Crippen LogP contribution in [-0.2, 0) is 9.59 Å². The first-order valence-electron chi connectivity index (χ1n) is 7.01. The summed E-state index contributed by atoms with van der Waals surface area (Å²) in [4.78, 5) is 22.9. The quantitative estimate of drug-likeness (QED) is 0.840. The second-order valence-corrected chi connectivity index (χ2v) is 5.73. The zero-order valence-corrected chi connectivity index (χ0v) is 12.3. The van der Waals surface area contributed by atoms with Gasteiger partial charge in [0.15, 0.2) is 0 Å². The van der Waals surface area contributed by atoms with E-state index in [-0.39, 0.29) is 17.9 Å². The molecule has 2 unspecified atom stereocenters. The molecular weight excluding hydrogens is 290 g/mol. The smallest absolute Gasteiger partial charge is 0.306 e. The molecule has 0 aliphatic heterocycles. The van der Waals surface area contributed by atoms with Crippen molar-refractivity contribution in [2.24, 2.45) is 5.92 Å². The van der Waals surface area contributed by atoms with E-state index >= 15 is 0 Å². The number of hydrogen-bond donors (Lipinski definition) is 2. The molecule has 0 heterocycles. The minimum Gasteiger partial charge on any atom is -0.481 e. The number of amides is 1. The van der Waals surface area contributed by atoms with Crippen molar-refractivity contribution in [3.8, 4) is 0 Å². The summed E-state index contributed by atoms with van der Waals surface area (Å²) in [5.41, 5.74) is 0.852. The number of nitrogens with one attached hydrogen (secondary N) is 1. The normalized spacial score (nSPS) is 22.1. The van der Waals surface area contributed by atoms with Gasteiger partial charge in [-0.2, -0.15) is 0 Å². The number of halogens is 1. The molecule has 0 spiro atoms. The standard InChI is InChI=1S/C16H18ClNO3/c17-13-5-1-3-11(9-13)7-8-15(19)18-14-6-2-4-12(10-14)16(20)21/h1,3,5,7-9,12,14H,2,4,6,10H2,(H,18,19)(H,20,21). The van der Waals surface area contributed by atoms with Gasteiger partial charge in [0, 0.05) is 17.1 Å². The van der Waals surface area contributed by atoms with Crippen LogP contribution in [0.5, 0.6) is 0 Å². The van der Waals surface area contributed by atoms with Crippen molar-refractivity contribution < 1.29 is 14.7 Å². The lowest BCUT2D eigenvalue weighted by molar-refractivity contribution is -0.143. The Morgan fingerprint density at radius 2 is 2.14 bits per heavy atom. The van der Waals surface area contributed by atoms with Crippen molar-refractivity contribution in [3.63, 3.8) is 0 Å². The molecule has 21 heavy (non-hydrogen) atoms. The van der Waals surface area contributed by atoms with E-state index in [1.807, 2.05) is 12.1 Å². The van der Waals surface area contributed by atoms with Crippen LogP contribution in [0.25, 0.3) is 6.08 Å². The molecule has 1 saturated carbocycles. The van der Waals surface area contributed by atoms with Crippen molar-refractivity contribution in [2.45, 2.75) is 31.7 Å². The summed E-state index contributed by atoms with van der Waals surface area (Å²) in [5, 5.41) is 12.5. The summed E-state index contributed by atoms with van der Waals surface area (Å²) in [6.07, 6.45) is 6.02. The van der Waals surface area contributed by atoms with Crippen LogP contribution in [0, 0.1) is 5.92 Å². The highest BCUT2D eigenvalue weighted by Gasteiger charge is 2.27. The van der Waals surface area contributed by atoms with Gasteiger partial charge in [-0.1, -0.05) is 30.2 Å². The van der Waals surface area contributed by atoms with Gasteiger partial charge in [-0.3, -0.25) is 9.59 Å². The van der Waals surface area contributed by atoms with Crippen molar-refractivity contribution >= 4 is 29.6 Å². The summed E-state index contributed by atoms with van der Waals surface area (Å²) < 4.78 is 0. The Kier molecular flexibility index (Phi) is 5.39. The number of benzene rings is 1. The number of carboxylic acid groups (broad SMARTS) is 1. The average molecular weight is 308 g/mol. The highest BCUT2D eigenvalue weighted by atomic mass is 35.5. The van der Waals surface area contributed by atoms with Gasteiger partial charge < -0.3 is 10.4 Å². The van der Waals surface area contributed by atoms with Crippen molar-refractivity contribution in [3.05, 3.63) is 40.9 Å². The SMILES string of the molecule is O=C(C=Cc1cccc(Cl)c1)NC1CCCC(C(=O)O)C1. The molecule has 1 aliphatic rings. The van der Waals surface area contributed by atoms with Crippen LogP contribution in [0.4, 0.5) is 0 Å². The average Bonchev–Trinajstić information content (AvgIpc) is 2.45.